The Balaban J connectivity index is 2.86. The van der Waals surface area contributed by atoms with Crippen LogP contribution in [0.3, 0.4) is 0 Å². The molecule has 0 saturated carbocycles. The first-order valence-corrected chi connectivity index (χ1v) is 4.20. The highest BCUT2D eigenvalue weighted by Crippen LogP contribution is 2.19. The molecule has 0 spiro atoms. The molecule has 1 rings (SSSR count). The summed E-state index contributed by atoms with van der Waals surface area (Å²) in [5, 5.41) is 8.57. The van der Waals surface area contributed by atoms with Crippen molar-refractivity contribution in [3.8, 4) is 0 Å². The summed E-state index contributed by atoms with van der Waals surface area (Å²) in [7, 11) is 0. The van der Waals surface area contributed by atoms with Gasteiger partial charge in [0.25, 0.3) is 6.43 Å². The Morgan fingerprint density at radius 3 is 2.62 bits per heavy atom. The lowest BCUT2D eigenvalue weighted by Gasteiger charge is -2.22. The van der Waals surface area contributed by atoms with Gasteiger partial charge in [-0.15, -0.1) is 0 Å². The summed E-state index contributed by atoms with van der Waals surface area (Å²) in [6.45, 7) is 0. The summed E-state index contributed by atoms with van der Waals surface area (Å²) in [5.41, 5.74) is 2.05. The lowest BCUT2D eigenvalue weighted by atomic mass is 9.93. The van der Waals surface area contributed by atoms with Crippen molar-refractivity contribution < 1.29 is 23.5 Å². The van der Waals surface area contributed by atoms with Crippen molar-refractivity contribution in [1.82, 2.24) is 9.97 Å². The van der Waals surface area contributed by atoms with E-state index in [1.807, 2.05) is 0 Å². The number of nitrogens with one attached hydrogen (secondary N) is 1. The maximum Gasteiger partial charge on any atom is 0.330 e. The lowest BCUT2D eigenvalue weighted by molar-refractivity contribution is -0.149. The van der Waals surface area contributed by atoms with E-state index in [0.717, 1.165) is 6.20 Å². The van der Waals surface area contributed by atoms with Crippen molar-refractivity contribution in [2.24, 2.45) is 5.73 Å². The van der Waals surface area contributed by atoms with E-state index in [9.17, 15) is 18.4 Å². The van der Waals surface area contributed by atoms with E-state index in [2.05, 4.69) is 9.97 Å². The van der Waals surface area contributed by atoms with Gasteiger partial charge in [-0.25, -0.2) is 18.6 Å². The minimum atomic E-state index is -3.34. The summed E-state index contributed by atoms with van der Waals surface area (Å²) in [6, 6.07) is 0. The van der Waals surface area contributed by atoms with Crippen LogP contribution in [-0.4, -0.2) is 38.8 Å². The molecule has 0 aromatic carbocycles. The highest BCUT2D eigenvalue weighted by atomic mass is 19.3. The van der Waals surface area contributed by atoms with Crippen molar-refractivity contribution in [3.63, 3.8) is 0 Å². The molecule has 6 nitrogen and oxygen atoms in total. The third-order valence-corrected chi connectivity index (χ3v) is 2.04. The number of hydrogen-bond acceptors (Lipinski definition) is 4. The molecule has 1 aromatic rings. The third-order valence-electron chi connectivity index (χ3n) is 2.04. The fourth-order valence-corrected chi connectivity index (χ4v) is 1.02. The van der Waals surface area contributed by atoms with E-state index in [0.29, 0.717) is 0 Å². The minimum Gasteiger partial charge on any atom is -0.480 e. The molecule has 0 saturated heterocycles. The van der Waals surface area contributed by atoms with Crippen LogP contribution < -0.4 is 5.73 Å². The average Bonchev–Trinajstić information content (AvgIpc) is 2.69. The Hall–Kier alpha value is -1.83. The SMILES string of the molecule is NC(CC(=O)c1cnc[nH]1)(C(=O)O)C(F)F. The van der Waals surface area contributed by atoms with Gasteiger partial charge in [0.15, 0.2) is 11.3 Å². The number of ketones is 1. The number of imidazole rings is 1. The molecular weight excluding hydrogens is 224 g/mol. The Kier molecular flexibility index (Phi) is 3.33. The first-order chi connectivity index (χ1) is 7.38. The number of carbonyl (C=O) groups excluding carboxylic acids is 1. The van der Waals surface area contributed by atoms with Crippen LogP contribution in [0, 0.1) is 0 Å². The second-order valence-corrected chi connectivity index (χ2v) is 3.21. The van der Waals surface area contributed by atoms with Crippen molar-refractivity contribution in [2.75, 3.05) is 0 Å². The quantitative estimate of drug-likeness (QED) is 0.621. The van der Waals surface area contributed by atoms with E-state index in [-0.39, 0.29) is 5.69 Å². The number of carboxylic acids is 1. The molecule has 1 aromatic heterocycles. The van der Waals surface area contributed by atoms with Crippen LogP contribution >= 0.6 is 0 Å². The van der Waals surface area contributed by atoms with Crippen molar-refractivity contribution >= 4 is 11.8 Å². The monoisotopic (exact) mass is 233 g/mol. The topological polar surface area (TPSA) is 109 Å². The molecule has 0 amide bonds. The van der Waals surface area contributed by atoms with Gasteiger partial charge in [-0.05, 0) is 0 Å². The molecule has 0 radical (unpaired) electrons. The van der Waals surface area contributed by atoms with E-state index >= 15 is 0 Å². The first-order valence-electron chi connectivity index (χ1n) is 4.20. The molecule has 0 fully saturated rings. The van der Waals surface area contributed by atoms with E-state index in [1.165, 1.54) is 6.33 Å². The standard InChI is InChI=1S/C8H9F2N3O3/c9-6(10)8(11,7(15)16)1-5(14)4-2-12-3-13-4/h2-3,6H,1,11H2,(H,12,13)(H,15,16). The number of H-pyrrole nitrogens is 1. The lowest BCUT2D eigenvalue weighted by Crippen LogP contribution is -2.55. The number of carbonyl (C=O) groups is 2. The maximum atomic E-state index is 12.5. The van der Waals surface area contributed by atoms with Gasteiger partial charge in [-0.3, -0.25) is 4.79 Å². The molecule has 0 aliphatic rings. The number of hydrogen-bond donors (Lipinski definition) is 3. The second-order valence-electron chi connectivity index (χ2n) is 3.21. The summed E-state index contributed by atoms with van der Waals surface area (Å²) < 4.78 is 24.9. The number of aromatic nitrogens is 2. The van der Waals surface area contributed by atoms with Crippen LogP contribution in [0.5, 0.6) is 0 Å². The number of nitrogens with zero attached hydrogens (tertiary/aromatic N) is 1. The van der Waals surface area contributed by atoms with Gasteiger partial charge < -0.3 is 15.8 Å². The molecule has 16 heavy (non-hydrogen) atoms. The Morgan fingerprint density at radius 1 is 1.62 bits per heavy atom. The van der Waals surface area contributed by atoms with Crippen LogP contribution in [0.1, 0.15) is 16.9 Å². The smallest absolute Gasteiger partial charge is 0.330 e. The number of aromatic amines is 1. The summed E-state index contributed by atoms with van der Waals surface area (Å²) in [6.07, 6.45) is -2.05. The van der Waals surface area contributed by atoms with Crippen molar-refractivity contribution in [3.05, 3.63) is 18.2 Å². The van der Waals surface area contributed by atoms with Crippen LogP contribution in [0.25, 0.3) is 0 Å². The molecule has 88 valence electrons. The zero-order valence-electron chi connectivity index (χ0n) is 7.98. The first kappa shape index (κ1) is 12.2. The van der Waals surface area contributed by atoms with Gasteiger partial charge in [-0.1, -0.05) is 0 Å². The van der Waals surface area contributed by atoms with Crippen LogP contribution in [0.15, 0.2) is 12.5 Å². The number of rotatable bonds is 5. The minimum absolute atomic E-state index is 0.0586. The largest absolute Gasteiger partial charge is 0.480 e. The van der Waals surface area contributed by atoms with E-state index in [4.69, 9.17) is 10.8 Å². The predicted octanol–water partition coefficient (Wildman–Crippen LogP) is 0.0297. The molecule has 1 unspecified atom stereocenters. The molecule has 1 heterocycles. The highest BCUT2D eigenvalue weighted by molar-refractivity contribution is 5.98. The van der Waals surface area contributed by atoms with Crippen LogP contribution in [0.4, 0.5) is 8.78 Å². The average molecular weight is 233 g/mol. The zero-order chi connectivity index (χ0) is 12.3. The number of aliphatic carboxylic acids is 1. The normalized spacial score (nSPS) is 14.8. The molecule has 8 heteroatoms. The molecule has 0 aliphatic heterocycles. The van der Waals surface area contributed by atoms with Gasteiger partial charge >= 0.3 is 5.97 Å². The second kappa shape index (κ2) is 4.35. The molecule has 0 aliphatic carbocycles. The summed E-state index contributed by atoms with van der Waals surface area (Å²) in [5.74, 6) is -2.75. The van der Waals surface area contributed by atoms with Gasteiger partial charge in [0.1, 0.15) is 5.69 Å². The van der Waals surface area contributed by atoms with E-state index in [1.54, 1.807) is 0 Å². The summed E-state index contributed by atoms with van der Waals surface area (Å²) >= 11 is 0. The van der Waals surface area contributed by atoms with Gasteiger partial charge in [0.05, 0.1) is 12.5 Å². The van der Waals surface area contributed by atoms with Crippen molar-refractivity contribution in [2.45, 2.75) is 18.4 Å². The Labute approximate surface area is 88.5 Å². The predicted molar refractivity (Wildman–Crippen MR) is 48.1 cm³/mol. The van der Waals surface area contributed by atoms with Gasteiger partial charge in [0.2, 0.25) is 0 Å². The maximum absolute atomic E-state index is 12.5. The van der Waals surface area contributed by atoms with Gasteiger partial charge in [-0.2, -0.15) is 0 Å². The Bertz CT molecular complexity index is 393. The third kappa shape index (κ3) is 2.22. The van der Waals surface area contributed by atoms with Crippen LogP contribution in [-0.2, 0) is 4.79 Å². The van der Waals surface area contributed by atoms with Gasteiger partial charge in [0, 0.05) is 6.42 Å². The number of halogens is 2. The highest BCUT2D eigenvalue weighted by Gasteiger charge is 2.45. The van der Waals surface area contributed by atoms with E-state index < -0.39 is 30.1 Å². The van der Waals surface area contributed by atoms with Crippen molar-refractivity contribution in [1.29, 1.82) is 0 Å². The molecule has 0 bridgehead atoms. The molecule has 1 atom stereocenters. The van der Waals surface area contributed by atoms with Crippen LogP contribution in [0.2, 0.25) is 0 Å². The fourth-order valence-electron chi connectivity index (χ4n) is 1.02. The number of Topliss-reactive ketones (excluding diaryl/α,β-unsaturated/α-hetero) is 1. The zero-order valence-corrected chi connectivity index (χ0v) is 7.98. The molecular formula is C8H9F2N3O3. The number of carboxylic acid groups (broad SMARTS) is 1. The fraction of sp³-hybridized carbons (Fsp3) is 0.375. The molecule has 4 N–H and O–H groups in total. The Morgan fingerprint density at radius 2 is 2.25 bits per heavy atom. The number of alkyl halides is 2. The summed E-state index contributed by atoms with van der Waals surface area (Å²) in [4.78, 5) is 27.9. The number of nitrogens with two attached hydrogens (primary N) is 1.